The van der Waals surface area contributed by atoms with E-state index in [1.54, 1.807) is 17.0 Å². The van der Waals surface area contributed by atoms with E-state index in [0.717, 1.165) is 25.2 Å². The highest BCUT2D eigenvalue weighted by molar-refractivity contribution is 6.39. The Morgan fingerprint density at radius 3 is 2.42 bits per heavy atom. The molecule has 1 aliphatic heterocycles. The molecule has 0 bridgehead atoms. The number of benzene rings is 2. The molecular weight excluding hydrogens is 350 g/mol. The molecule has 2 amide bonds. The first kappa shape index (κ1) is 18.4. The van der Waals surface area contributed by atoms with E-state index in [4.69, 9.17) is 11.6 Å². The van der Waals surface area contributed by atoms with Gasteiger partial charge in [0.2, 0.25) is 0 Å². The molecule has 3 rings (SSSR count). The van der Waals surface area contributed by atoms with Crippen LogP contribution in [0.3, 0.4) is 0 Å². The third-order valence-corrected chi connectivity index (χ3v) is 4.79. The summed E-state index contributed by atoms with van der Waals surface area (Å²) in [5, 5.41) is 3.19. The van der Waals surface area contributed by atoms with E-state index in [1.807, 2.05) is 31.2 Å². The Kier molecular flexibility index (Phi) is 5.91. The van der Waals surface area contributed by atoms with Gasteiger partial charge in [0.15, 0.2) is 0 Å². The van der Waals surface area contributed by atoms with Crippen LogP contribution in [0.4, 0.5) is 5.69 Å². The molecule has 0 aromatic heterocycles. The predicted octanol–water partition coefficient (Wildman–Crippen LogP) is 2.93. The second-order valence-corrected chi connectivity index (χ2v) is 6.90. The van der Waals surface area contributed by atoms with Crippen LogP contribution >= 0.6 is 11.6 Å². The Morgan fingerprint density at radius 1 is 1.04 bits per heavy atom. The number of nitrogens with zero attached hydrogens (tertiary/aromatic N) is 2. The minimum Gasteiger partial charge on any atom is -0.332 e. The molecular formula is C20H22ClN3O2. The van der Waals surface area contributed by atoms with Gasteiger partial charge >= 0.3 is 11.8 Å². The molecule has 2 aromatic rings. The Balaban J connectivity index is 1.53. The zero-order chi connectivity index (χ0) is 18.5. The zero-order valence-electron chi connectivity index (χ0n) is 14.7. The van der Waals surface area contributed by atoms with Crippen molar-refractivity contribution in [2.75, 3.05) is 31.5 Å². The molecule has 6 heteroatoms. The van der Waals surface area contributed by atoms with Crippen molar-refractivity contribution in [3.8, 4) is 0 Å². The molecule has 1 heterocycles. The van der Waals surface area contributed by atoms with E-state index in [2.05, 4.69) is 22.3 Å². The zero-order valence-corrected chi connectivity index (χ0v) is 15.5. The number of piperazine rings is 1. The number of anilines is 1. The minimum atomic E-state index is -0.619. The molecule has 5 nitrogen and oxygen atoms in total. The lowest BCUT2D eigenvalue weighted by molar-refractivity contribution is -0.144. The van der Waals surface area contributed by atoms with Crippen molar-refractivity contribution in [2.24, 2.45) is 0 Å². The van der Waals surface area contributed by atoms with Gasteiger partial charge in [-0.05, 0) is 30.2 Å². The van der Waals surface area contributed by atoms with E-state index in [1.165, 1.54) is 5.56 Å². The molecule has 0 spiro atoms. The fourth-order valence-electron chi connectivity index (χ4n) is 3.00. The maximum Gasteiger partial charge on any atom is 0.313 e. The lowest BCUT2D eigenvalue weighted by Gasteiger charge is -2.34. The van der Waals surface area contributed by atoms with Gasteiger partial charge in [-0.1, -0.05) is 48.0 Å². The second-order valence-electron chi connectivity index (χ2n) is 6.47. The first-order chi connectivity index (χ1) is 12.5. The molecule has 0 atom stereocenters. The highest BCUT2D eigenvalue weighted by Gasteiger charge is 2.26. The van der Waals surface area contributed by atoms with Crippen LogP contribution in [0.25, 0.3) is 0 Å². The highest BCUT2D eigenvalue weighted by atomic mass is 35.5. The normalized spacial score (nSPS) is 14.9. The summed E-state index contributed by atoms with van der Waals surface area (Å²) in [7, 11) is 0. The summed E-state index contributed by atoms with van der Waals surface area (Å²) in [4.78, 5) is 28.6. The molecule has 0 aliphatic carbocycles. The molecule has 0 radical (unpaired) electrons. The number of aryl methyl sites for hydroxylation is 1. The molecule has 1 aliphatic rings. The average Bonchev–Trinajstić information content (AvgIpc) is 2.65. The summed E-state index contributed by atoms with van der Waals surface area (Å²) in [6.45, 7) is 5.32. The monoisotopic (exact) mass is 371 g/mol. The second kappa shape index (κ2) is 8.34. The number of carbonyl (C=O) groups excluding carboxylic acids is 2. The molecule has 0 saturated carbocycles. The van der Waals surface area contributed by atoms with Gasteiger partial charge in [-0.2, -0.15) is 0 Å². The summed E-state index contributed by atoms with van der Waals surface area (Å²) in [6.07, 6.45) is 0. The van der Waals surface area contributed by atoms with Crippen LogP contribution in [0.15, 0.2) is 48.5 Å². The number of amides is 2. The van der Waals surface area contributed by atoms with Gasteiger partial charge in [-0.3, -0.25) is 14.5 Å². The summed E-state index contributed by atoms with van der Waals surface area (Å²) in [5.41, 5.74) is 2.68. The molecule has 2 aromatic carbocycles. The number of hydrogen-bond acceptors (Lipinski definition) is 3. The fraction of sp³-hybridized carbons (Fsp3) is 0.300. The van der Waals surface area contributed by atoms with Crippen molar-refractivity contribution in [1.82, 2.24) is 9.80 Å². The van der Waals surface area contributed by atoms with Crippen molar-refractivity contribution in [1.29, 1.82) is 0 Å². The van der Waals surface area contributed by atoms with Crippen molar-refractivity contribution in [3.05, 3.63) is 64.7 Å². The number of carbonyl (C=O) groups is 2. The number of nitrogens with one attached hydrogen (secondary N) is 1. The molecule has 1 fully saturated rings. The number of rotatable bonds is 3. The van der Waals surface area contributed by atoms with Gasteiger partial charge in [0.25, 0.3) is 0 Å². The van der Waals surface area contributed by atoms with Crippen LogP contribution in [0, 0.1) is 6.92 Å². The quantitative estimate of drug-likeness (QED) is 0.844. The van der Waals surface area contributed by atoms with Gasteiger partial charge in [0.05, 0.1) is 0 Å². The number of hydrogen-bond donors (Lipinski definition) is 1. The highest BCUT2D eigenvalue weighted by Crippen LogP contribution is 2.20. The number of halogens is 1. The Bertz CT molecular complexity index is 787. The summed E-state index contributed by atoms with van der Waals surface area (Å²) >= 11 is 5.96. The first-order valence-corrected chi connectivity index (χ1v) is 9.03. The summed E-state index contributed by atoms with van der Waals surface area (Å²) in [5.74, 6) is -1.12. The molecule has 0 unspecified atom stereocenters. The Hall–Kier alpha value is -2.37. The van der Waals surface area contributed by atoms with Crippen LogP contribution in [-0.2, 0) is 16.1 Å². The Morgan fingerprint density at radius 2 is 1.73 bits per heavy atom. The largest absolute Gasteiger partial charge is 0.332 e. The van der Waals surface area contributed by atoms with Crippen LogP contribution in [0.2, 0.25) is 5.02 Å². The third kappa shape index (κ3) is 4.62. The van der Waals surface area contributed by atoms with Crippen LogP contribution < -0.4 is 5.32 Å². The lowest BCUT2D eigenvalue weighted by atomic mass is 10.2. The van der Waals surface area contributed by atoms with E-state index in [-0.39, 0.29) is 0 Å². The van der Waals surface area contributed by atoms with Crippen molar-refractivity contribution in [3.63, 3.8) is 0 Å². The van der Waals surface area contributed by atoms with E-state index >= 15 is 0 Å². The first-order valence-electron chi connectivity index (χ1n) is 8.65. The molecule has 136 valence electrons. The van der Waals surface area contributed by atoms with Gasteiger partial charge in [-0.15, -0.1) is 0 Å². The van der Waals surface area contributed by atoms with Gasteiger partial charge < -0.3 is 10.2 Å². The van der Waals surface area contributed by atoms with Gasteiger partial charge in [0.1, 0.15) is 0 Å². The van der Waals surface area contributed by atoms with Crippen molar-refractivity contribution < 1.29 is 9.59 Å². The maximum absolute atomic E-state index is 12.4. The van der Waals surface area contributed by atoms with Crippen LogP contribution in [0.1, 0.15) is 11.1 Å². The maximum atomic E-state index is 12.4. The van der Waals surface area contributed by atoms with Crippen molar-refractivity contribution in [2.45, 2.75) is 13.5 Å². The molecule has 26 heavy (non-hydrogen) atoms. The standard InChI is InChI=1S/C20H22ClN3O2/c1-15-7-8-17(21)13-18(15)22-19(25)20(26)24-11-9-23(10-12-24)14-16-5-3-2-4-6-16/h2-8,13H,9-12,14H2,1H3,(H,22,25). The minimum absolute atomic E-state index is 0.497. The van der Waals surface area contributed by atoms with E-state index in [9.17, 15) is 9.59 Å². The van der Waals surface area contributed by atoms with Gasteiger partial charge in [-0.25, -0.2) is 0 Å². The SMILES string of the molecule is Cc1ccc(Cl)cc1NC(=O)C(=O)N1CCN(Cc2ccccc2)CC1. The smallest absolute Gasteiger partial charge is 0.313 e. The molecule has 1 N–H and O–H groups in total. The average molecular weight is 372 g/mol. The summed E-state index contributed by atoms with van der Waals surface area (Å²) in [6, 6.07) is 15.5. The van der Waals surface area contributed by atoms with E-state index in [0.29, 0.717) is 23.8 Å². The van der Waals surface area contributed by atoms with E-state index < -0.39 is 11.8 Å². The Labute approximate surface area is 158 Å². The van der Waals surface area contributed by atoms with Crippen LogP contribution in [0.5, 0.6) is 0 Å². The molecule has 1 saturated heterocycles. The predicted molar refractivity (Wildman–Crippen MR) is 103 cm³/mol. The van der Waals surface area contributed by atoms with Crippen molar-refractivity contribution >= 4 is 29.1 Å². The lowest BCUT2D eigenvalue weighted by Crippen LogP contribution is -2.51. The fourth-order valence-corrected chi connectivity index (χ4v) is 3.17. The summed E-state index contributed by atoms with van der Waals surface area (Å²) < 4.78 is 0. The third-order valence-electron chi connectivity index (χ3n) is 4.55. The topological polar surface area (TPSA) is 52.7 Å². The van der Waals surface area contributed by atoms with Crippen LogP contribution in [-0.4, -0.2) is 47.8 Å². The van der Waals surface area contributed by atoms with Gasteiger partial charge in [0, 0.05) is 43.4 Å².